The SMILES string of the molecule is CSc1nc2nc(C)c(CC(=O)NCc3nc(-c4ccc(Cl)cc4)c(C)s3)c(C)n2n1. The zero-order valence-electron chi connectivity index (χ0n) is 17.6. The molecule has 0 aliphatic carbocycles. The number of carbonyl (C=O) groups is 1. The third kappa shape index (κ3) is 4.58. The summed E-state index contributed by atoms with van der Waals surface area (Å²) in [6.07, 6.45) is 2.15. The monoisotopic (exact) mass is 472 g/mol. The number of aryl methyl sites for hydroxylation is 3. The summed E-state index contributed by atoms with van der Waals surface area (Å²) in [4.78, 5) is 27.3. The quantitative estimate of drug-likeness (QED) is 0.418. The maximum atomic E-state index is 12.7. The van der Waals surface area contributed by atoms with Gasteiger partial charge in [-0.15, -0.1) is 16.4 Å². The Balaban J connectivity index is 1.46. The molecule has 3 heterocycles. The van der Waals surface area contributed by atoms with Crippen LogP contribution < -0.4 is 5.32 Å². The zero-order chi connectivity index (χ0) is 22.1. The summed E-state index contributed by atoms with van der Waals surface area (Å²) in [5.41, 5.74) is 4.46. The van der Waals surface area contributed by atoms with Crippen LogP contribution in [0, 0.1) is 20.8 Å². The van der Waals surface area contributed by atoms with E-state index in [-0.39, 0.29) is 12.3 Å². The first-order valence-corrected chi connectivity index (χ1v) is 12.0. The Morgan fingerprint density at radius 1 is 1.16 bits per heavy atom. The number of amides is 1. The second kappa shape index (κ2) is 8.94. The van der Waals surface area contributed by atoms with Crippen molar-refractivity contribution in [2.24, 2.45) is 0 Å². The van der Waals surface area contributed by atoms with Crippen molar-refractivity contribution >= 4 is 46.4 Å². The van der Waals surface area contributed by atoms with Gasteiger partial charge in [-0.1, -0.05) is 35.5 Å². The van der Waals surface area contributed by atoms with E-state index in [0.717, 1.165) is 38.1 Å². The number of aromatic nitrogens is 5. The molecule has 31 heavy (non-hydrogen) atoms. The molecule has 0 saturated heterocycles. The third-order valence-corrected chi connectivity index (χ3v) is 6.71. The van der Waals surface area contributed by atoms with Crippen molar-refractivity contribution in [1.82, 2.24) is 29.9 Å². The molecule has 0 bridgehead atoms. The molecule has 0 radical (unpaired) electrons. The molecule has 1 aromatic carbocycles. The van der Waals surface area contributed by atoms with Crippen molar-refractivity contribution in [3.05, 3.63) is 56.1 Å². The van der Waals surface area contributed by atoms with Gasteiger partial charge in [-0.2, -0.15) is 4.98 Å². The van der Waals surface area contributed by atoms with Gasteiger partial charge in [0, 0.05) is 32.4 Å². The van der Waals surface area contributed by atoms with Crippen LogP contribution in [0.5, 0.6) is 0 Å². The van der Waals surface area contributed by atoms with Crippen LogP contribution in [-0.2, 0) is 17.8 Å². The molecule has 0 aliphatic rings. The average molecular weight is 473 g/mol. The van der Waals surface area contributed by atoms with Crippen molar-refractivity contribution in [1.29, 1.82) is 0 Å². The first kappa shape index (κ1) is 21.7. The minimum Gasteiger partial charge on any atom is -0.349 e. The Morgan fingerprint density at radius 2 is 1.90 bits per heavy atom. The lowest BCUT2D eigenvalue weighted by atomic mass is 10.1. The van der Waals surface area contributed by atoms with E-state index in [1.54, 1.807) is 15.9 Å². The highest BCUT2D eigenvalue weighted by molar-refractivity contribution is 7.98. The number of carbonyl (C=O) groups excluding carboxylic acids is 1. The van der Waals surface area contributed by atoms with Crippen LogP contribution in [0.15, 0.2) is 29.4 Å². The van der Waals surface area contributed by atoms with Crippen LogP contribution in [0.1, 0.15) is 26.8 Å². The molecule has 1 N–H and O–H groups in total. The van der Waals surface area contributed by atoms with Gasteiger partial charge in [0.1, 0.15) is 5.01 Å². The van der Waals surface area contributed by atoms with Crippen molar-refractivity contribution in [2.45, 2.75) is 38.9 Å². The minimum atomic E-state index is -0.0848. The average Bonchev–Trinajstić information content (AvgIpc) is 3.33. The molecule has 0 fully saturated rings. The number of thiazole rings is 1. The van der Waals surface area contributed by atoms with Crippen molar-refractivity contribution in [3.63, 3.8) is 0 Å². The lowest BCUT2D eigenvalue weighted by Crippen LogP contribution is -2.25. The number of nitrogens with one attached hydrogen (secondary N) is 1. The molecule has 7 nitrogen and oxygen atoms in total. The Hall–Kier alpha value is -2.49. The smallest absolute Gasteiger partial charge is 0.253 e. The highest BCUT2D eigenvalue weighted by Crippen LogP contribution is 2.28. The highest BCUT2D eigenvalue weighted by Gasteiger charge is 2.17. The fourth-order valence-corrected chi connectivity index (χ4v) is 4.69. The van der Waals surface area contributed by atoms with Gasteiger partial charge < -0.3 is 5.32 Å². The topological polar surface area (TPSA) is 85.1 Å². The standard InChI is InChI=1S/C21H21ClN6OS2/c1-11-16(12(2)28-20(24-11)26-21(27-28)30-4)9-17(29)23-10-18-25-19(13(3)31-18)14-5-7-15(22)8-6-14/h5-8H,9-10H2,1-4H3,(H,23,29). The van der Waals surface area contributed by atoms with E-state index in [9.17, 15) is 4.79 Å². The number of benzene rings is 1. The maximum absolute atomic E-state index is 12.7. The second-order valence-corrected chi connectivity index (χ2v) is 9.54. The molecule has 0 unspecified atom stereocenters. The van der Waals surface area contributed by atoms with Gasteiger partial charge in [0.05, 0.1) is 18.7 Å². The molecule has 0 saturated carbocycles. The molecular formula is C21H21ClN6OS2. The number of hydrogen-bond donors (Lipinski definition) is 1. The normalized spacial score (nSPS) is 11.3. The van der Waals surface area contributed by atoms with Crippen molar-refractivity contribution < 1.29 is 4.79 Å². The summed E-state index contributed by atoms with van der Waals surface area (Å²) < 4.78 is 1.70. The van der Waals surface area contributed by atoms with E-state index >= 15 is 0 Å². The summed E-state index contributed by atoms with van der Waals surface area (Å²) in [7, 11) is 0. The molecule has 160 valence electrons. The van der Waals surface area contributed by atoms with Crippen LogP contribution in [-0.4, -0.2) is 36.7 Å². The van der Waals surface area contributed by atoms with Crippen LogP contribution in [0.4, 0.5) is 0 Å². The predicted molar refractivity (Wildman–Crippen MR) is 125 cm³/mol. The van der Waals surface area contributed by atoms with E-state index < -0.39 is 0 Å². The summed E-state index contributed by atoms with van der Waals surface area (Å²) in [6.45, 7) is 6.24. The van der Waals surface area contributed by atoms with Gasteiger partial charge in [-0.3, -0.25) is 4.79 Å². The van der Waals surface area contributed by atoms with E-state index in [0.29, 0.717) is 22.5 Å². The lowest BCUT2D eigenvalue weighted by Gasteiger charge is -2.10. The molecule has 10 heteroatoms. The maximum Gasteiger partial charge on any atom is 0.253 e. The van der Waals surface area contributed by atoms with E-state index in [4.69, 9.17) is 16.6 Å². The Morgan fingerprint density at radius 3 is 2.61 bits per heavy atom. The molecule has 0 aliphatic heterocycles. The largest absolute Gasteiger partial charge is 0.349 e. The number of thioether (sulfide) groups is 1. The highest BCUT2D eigenvalue weighted by atomic mass is 35.5. The molecule has 0 atom stereocenters. The fourth-order valence-electron chi connectivity index (χ4n) is 3.33. The summed E-state index contributed by atoms with van der Waals surface area (Å²) in [6, 6.07) is 7.61. The van der Waals surface area contributed by atoms with Crippen LogP contribution in [0.2, 0.25) is 5.02 Å². The Bertz CT molecular complexity index is 1270. The lowest BCUT2D eigenvalue weighted by molar-refractivity contribution is -0.120. The summed E-state index contributed by atoms with van der Waals surface area (Å²) >= 11 is 9.02. The van der Waals surface area contributed by atoms with Gasteiger partial charge in [-0.25, -0.2) is 14.5 Å². The van der Waals surface area contributed by atoms with Crippen molar-refractivity contribution in [2.75, 3.05) is 6.26 Å². The fraction of sp³-hybridized carbons (Fsp3) is 0.286. The van der Waals surface area contributed by atoms with Crippen LogP contribution in [0.3, 0.4) is 0 Å². The molecule has 0 spiro atoms. The second-order valence-electron chi connectivity index (χ2n) is 7.04. The zero-order valence-corrected chi connectivity index (χ0v) is 20.0. The van der Waals surface area contributed by atoms with Gasteiger partial charge in [0.15, 0.2) is 0 Å². The van der Waals surface area contributed by atoms with Crippen LogP contribution >= 0.6 is 34.7 Å². The number of hydrogen-bond acceptors (Lipinski definition) is 7. The summed E-state index contributed by atoms with van der Waals surface area (Å²) in [5, 5.41) is 9.63. The first-order chi connectivity index (χ1) is 14.9. The minimum absolute atomic E-state index is 0.0848. The number of rotatable bonds is 6. The predicted octanol–water partition coefficient (Wildman–Crippen LogP) is 4.41. The first-order valence-electron chi connectivity index (χ1n) is 9.61. The van der Waals surface area contributed by atoms with E-state index in [1.165, 1.54) is 11.8 Å². The summed E-state index contributed by atoms with van der Waals surface area (Å²) in [5.74, 6) is 0.468. The van der Waals surface area contributed by atoms with Gasteiger partial charge >= 0.3 is 0 Å². The Labute approximate surface area is 193 Å². The molecular weight excluding hydrogens is 452 g/mol. The third-order valence-electron chi connectivity index (χ3n) is 4.94. The van der Waals surface area contributed by atoms with Crippen LogP contribution in [0.25, 0.3) is 17.0 Å². The van der Waals surface area contributed by atoms with E-state index in [1.807, 2.05) is 51.3 Å². The number of fused-ring (bicyclic) bond motifs is 1. The van der Waals surface area contributed by atoms with Gasteiger partial charge in [-0.05, 0) is 39.2 Å². The Kier molecular flexibility index (Phi) is 6.27. The number of nitrogens with zero attached hydrogens (tertiary/aromatic N) is 5. The van der Waals surface area contributed by atoms with Gasteiger partial charge in [0.25, 0.3) is 5.78 Å². The van der Waals surface area contributed by atoms with E-state index in [2.05, 4.69) is 20.4 Å². The molecule has 4 aromatic rings. The molecule has 3 aromatic heterocycles. The molecule has 1 amide bonds. The van der Waals surface area contributed by atoms with Crippen molar-refractivity contribution in [3.8, 4) is 11.3 Å². The number of halogens is 1. The van der Waals surface area contributed by atoms with Gasteiger partial charge in [0.2, 0.25) is 11.1 Å². The molecule has 4 rings (SSSR count).